The van der Waals surface area contributed by atoms with Gasteiger partial charge in [-0.25, -0.2) is 0 Å². The first-order valence-corrected chi connectivity index (χ1v) is 8.50. The molecule has 1 aliphatic carbocycles. The molecule has 7 heteroatoms. The van der Waals surface area contributed by atoms with E-state index in [-0.39, 0.29) is 11.7 Å². The summed E-state index contributed by atoms with van der Waals surface area (Å²) < 4.78 is 5.27. The first kappa shape index (κ1) is 17.1. The molecule has 7 nitrogen and oxygen atoms in total. The molecule has 1 N–H and O–H groups in total. The van der Waals surface area contributed by atoms with Crippen molar-refractivity contribution in [1.82, 2.24) is 4.98 Å². The highest BCUT2D eigenvalue weighted by Gasteiger charge is 2.42. The molecular weight excluding hydrogens is 322 g/mol. The van der Waals surface area contributed by atoms with Crippen molar-refractivity contribution >= 4 is 28.2 Å². The van der Waals surface area contributed by atoms with Crippen molar-refractivity contribution in [3.8, 4) is 0 Å². The standard InChI is InChI=1S/C18H21N3O4/c1-2-25-17(22)18(9-3-4-10-18)12-20-14-7-8-15(21(23)24)13-6-5-11-19-16(13)14/h5-8,11,20H,2-4,9-10,12H2,1H3. The van der Waals surface area contributed by atoms with Crippen LogP contribution in [0.3, 0.4) is 0 Å². The average molecular weight is 343 g/mol. The second-order valence-electron chi connectivity index (χ2n) is 6.35. The maximum Gasteiger partial charge on any atom is 0.313 e. The molecule has 1 saturated carbocycles. The largest absolute Gasteiger partial charge is 0.466 e. The van der Waals surface area contributed by atoms with Crippen LogP contribution in [0.25, 0.3) is 10.9 Å². The molecule has 0 radical (unpaired) electrons. The second-order valence-corrected chi connectivity index (χ2v) is 6.35. The number of benzene rings is 1. The summed E-state index contributed by atoms with van der Waals surface area (Å²) in [4.78, 5) is 27.5. The van der Waals surface area contributed by atoms with Crippen LogP contribution in [-0.2, 0) is 9.53 Å². The van der Waals surface area contributed by atoms with Crippen LogP contribution in [0.5, 0.6) is 0 Å². The summed E-state index contributed by atoms with van der Waals surface area (Å²) in [6, 6.07) is 6.48. The molecule has 3 rings (SSSR count). The minimum atomic E-state index is -0.529. The summed E-state index contributed by atoms with van der Waals surface area (Å²) in [5.74, 6) is -0.167. The van der Waals surface area contributed by atoms with Gasteiger partial charge in [-0.15, -0.1) is 0 Å². The molecule has 0 bridgehead atoms. The number of pyridine rings is 1. The Morgan fingerprint density at radius 3 is 2.80 bits per heavy atom. The van der Waals surface area contributed by atoms with Gasteiger partial charge < -0.3 is 10.1 Å². The number of hydrogen-bond donors (Lipinski definition) is 1. The number of nitro benzene ring substituents is 1. The average Bonchev–Trinajstić information content (AvgIpc) is 3.10. The van der Waals surface area contributed by atoms with Gasteiger partial charge in [0.15, 0.2) is 0 Å². The van der Waals surface area contributed by atoms with Gasteiger partial charge in [0.05, 0.1) is 28.0 Å². The molecule has 1 heterocycles. The molecule has 0 saturated heterocycles. The van der Waals surface area contributed by atoms with Gasteiger partial charge in [0.25, 0.3) is 5.69 Å². The van der Waals surface area contributed by atoms with Crippen molar-refractivity contribution < 1.29 is 14.5 Å². The fourth-order valence-electron chi connectivity index (χ4n) is 3.51. The zero-order chi connectivity index (χ0) is 17.9. The van der Waals surface area contributed by atoms with Crippen LogP contribution >= 0.6 is 0 Å². The first-order chi connectivity index (χ1) is 12.1. The SMILES string of the molecule is CCOC(=O)C1(CNc2ccc([N+](=O)[O-])c3cccnc23)CCCC1. The van der Waals surface area contributed by atoms with E-state index < -0.39 is 10.3 Å². The van der Waals surface area contributed by atoms with Crippen molar-refractivity contribution in [3.05, 3.63) is 40.6 Å². The quantitative estimate of drug-likeness (QED) is 0.488. The van der Waals surface area contributed by atoms with Crippen molar-refractivity contribution in [2.45, 2.75) is 32.6 Å². The zero-order valence-electron chi connectivity index (χ0n) is 14.2. The van der Waals surface area contributed by atoms with Crippen molar-refractivity contribution in [1.29, 1.82) is 0 Å². The lowest BCUT2D eigenvalue weighted by Crippen LogP contribution is -2.37. The fourth-order valence-corrected chi connectivity index (χ4v) is 3.51. The molecular formula is C18H21N3O4. The zero-order valence-corrected chi connectivity index (χ0v) is 14.2. The van der Waals surface area contributed by atoms with Crippen molar-refractivity contribution in [2.75, 3.05) is 18.5 Å². The number of carbonyl (C=O) groups excluding carboxylic acids is 1. The Morgan fingerprint density at radius 2 is 2.12 bits per heavy atom. The highest BCUT2D eigenvalue weighted by molar-refractivity contribution is 5.96. The molecule has 1 aliphatic rings. The number of ether oxygens (including phenoxy) is 1. The summed E-state index contributed by atoms with van der Waals surface area (Å²) in [5, 5.41) is 15.0. The van der Waals surface area contributed by atoms with Crippen LogP contribution in [0.15, 0.2) is 30.5 Å². The van der Waals surface area contributed by atoms with Crippen LogP contribution in [0.2, 0.25) is 0 Å². The fraction of sp³-hybridized carbons (Fsp3) is 0.444. The smallest absolute Gasteiger partial charge is 0.313 e. The third-order valence-electron chi connectivity index (χ3n) is 4.83. The molecule has 0 amide bonds. The summed E-state index contributed by atoms with van der Waals surface area (Å²) in [7, 11) is 0. The van der Waals surface area contributed by atoms with Crippen molar-refractivity contribution in [2.24, 2.45) is 5.41 Å². The minimum Gasteiger partial charge on any atom is -0.466 e. The van der Waals surface area contributed by atoms with E-state index in [0.29, 0.717) is 29.7 Å². The Kier molecular flexibility index (Phi) is 4.83. The summed E-state index contributed by atoms with van der Waals surface area (Å²) >= 11 is 0. The highest BCUT2D eigenvalue weighted by Crippen LogP contribution is 2.40. The Morgan fingerprint density at radius 1 is 1.36 bits per heavy atom. The molecule has 1 fully saturated rings. The first-order valence-electron chi connectivity index (χ1n) is 8.50. The van der Waals surface area contributed by atoms with E-state index in [1.807, 2.05) is 6.92 Å². The van der Waals surface area contributed by atoms with E-state index in [2.05, 4.69) is 10.3 Å². The Hall–Kier alpha value is -2.70. The normalized spacial score (nSPS) is 15.9. The van der Waals surface area contributed by atoms with Gasteiger partial charge in [0.1, 0.15) is 5.52 Å². The maximum absolute atomic E-state index is 12.4. The van der Waals surface area contributed by atoms with E-state index in [1.165, 1.54) is 6.07 Å². The number of aromatic nitrogens is 1. The highest BCUT2D eigenvalue weighted by atomic mass is 16.6. The Balaban J connectivity index is 1.89. The molecule has 132 valence electrons. The van der Waals surface area contributed by atoms with Gasteiger partial charge in [0.2, 0.25) is 0 Å². The number of fused-ring (bicyclic) bond motifs is 1. The number of carbonyl (C=O) groups is 1. The Bertz CT molecular complexity index is 800. The van der Waals surface area contributed by atoms with Crippen molar-refractivity contribution in [3.63, 3.8) is 0 Å². The molecule has 0 atom stereocenters. The third kappa shape index (κ3) is 3.26. The third-order valence-corrected chi connectivity index (χ3v) is 4.83. The molecule has 1 aromatic carbocycles. The molecule has 0 spiro atoms. The van der Waals surface area contributed by atoms with Gasteiger partial charge in [-0.3, -0.25) is 19.9 Å². The van der Waals surface area contributed by atoms with Crippen LogP contribution in [0, 0.1) is 15.5 Å². The topological polar surface area (TPSA) is 94.4 Å². The molecule has 0 unspecified atom stereocenters. The summed E-state index contributed by atoms with van der Waals surface area (Å²) in [6.07, 6.45) is 5.18. The van der Waals surface area contributed by atoms with Crippen LogP contribution in [0.4, 0.5) is 11.4 Å². The van der Waals surface area contributed by atoms with Gasteiger partial charge in [0, 0.05) is 18.8 Å². The lowest BCUT2D eigenvalue weighted by molar-refractivity contribution is -0.383. The number of anilines is 1. The summed E-state index contributed by atoms with van der Waals surface area (Å²) in [5.41, 5.74) is 0.721. The van der Waals surface area contributed by atoms with Gasteiger partial charge >= 0.3 is 5.97 Å². The van der Waals surface area contributed by atoms with E-state index >= 15 is 0 Å². The predicted molar refractivity (Wildman–Crippen MR) is 94.4 cm³/mol. The van der Waals surface area contributed by atoms with Gasteiger partial charge in [-0.05, 0) is 38.0 Å². The molecule has 0 aliphatic heterocycles. The molecule has 2 aromatic rings. The van der Waals surface area contributed by atoms with Crippen LogP contribution in [-0.4, -0.2) is 29.0 Å². The lowest BCUT2D eigenvalue weighted by atomic mass is 9.86. The monoisotopic (exact) mass is 343 g/mol. The van der Waals surface area contributed by atoms with Crippen LogP contribution in [0.1, 0.15) is 32.6 Å². The lowest BCUT2D eigenvalue weighted by Gasteiger charge is -2.27. The molecule has 25 heavy (non-hydrogen) atoms. The van der Waals surface area contributed by atoms with Gasteiger partial charge in [-0.2, -0.15) is 0 Å². The maximum atomic E-state index is 12.4. The van der Waals surface area contributed by atoms with E-state index in [1.54, 1.807) is 24.4 Å². The van der Waals surface area contributed by atoms with Gasteiger partial charge in [-0.1, -0.05) is 12.8 Å². The number of nitro groups is 1. The number of nitrogens with zero attached hydrogens (tertiary/aromatic N) is 2. The van der Waals surface area contributed by atoms with E-state index in [0.717, 1.165) is 25.7 Å². The number of rotatable bonds is 6. The number of esters is 1. The molecule has 1 aromatic heterocycles. The minimum absolute atomic E-state index is 0.0228. The van der Waals surface area contributed by atoms with Crippen LogP contribution < -0.4 is 5.32 Å². The number of non-ortho nitro benzene ring substituents is 1. The van der Waals surface area contributed by atoms with E-state index in [4.69, 9.17) is 4.74 Å². The number of hydrogen-bond acceptors (Lipinski definition) is 6. The van der Waals surface area contributed by atoms with E-state index in [9.17, 15) is 14.9 Å². The second kappa shape index (κ2) is 7.04. The number of nitrogens with one attached hydrogen (secondary N) is 1. The Labute approximate surface area is 145 Å². The summed E-state index contributed by atoms with van der Waals surface area (Å²) in [6.45, 7) is 2.61. The predicted octanol–water partition coefficient (Wildman–Crippen LogP) is 3.68.